The van der Waals surface area contributed by atoms with Crippen LogP contribution in [0.25, 0.3) is 0 Å². The van der Waals surface area contributed by atoms with Gasteiger partial charge in [0.05, 0.1) is 24.3 Å². The maximum atomic E-state index is 11.6. The molecule has 0 spiro atoms. The van der Waals surface area contributed by atoms with Gasteiger partial charge in [0.25, 0.3) is 0 Å². The molecule has 14 heteroatoms. The van der Waals surface area contributed by atoms with Crippen LogP contribution in [0.15, 0.2) is 60.7 Å². The Morgan fingerprint density at radius 2 is 1.20 bits per heavy atom. The van der Waals surface area contributed by atoms with E-state index < -0.39 is 86.6 Å². The Hall–Kier alpha value is -2.86. The number of hydrogen-bond donors (Lipinski definition) is 8. The minimum atomic E-state index is -2.22. The van der Waals surface area contributed by atoms with E-state index in [9.17, 15) is 40.2 Å². The Morgan fingerprint density at radius 1 is 0.700 bits per heavy atom. The Balaban J connectivity index is 0.000000230. The van der Waals surface area contributed by atoms with Gasteiger partial charge in [0, 0.05) is 0 Å². The molecule has 2 heterocycles. The van der Waals surface area contributed by atoms with Gasteiger partial charge in [-0.25, -0.2) is 9.59 Å². The van der Waals surface area contributed by atoms with E-state index in [2.05, 4.69) is 0 Å². The molecule has 3 unspecified atom stereocenters. The summed E-state index contributed by atoms with van der Waals surface area (Å²) in [7, 11) is 0. The number of esters is 2. The summed E-state index contributed by atoms with van der Waals surface area (Å²) in [4.78, 5) is 23.2. The van der Waals surface area contributed by atoms with Crippen molar-refractivity contribution in [1.82, 2.24) is 0 Å². The van der Waals surface area contributed by atoms with Crippen LogP contribution in [0, 0.1) is 0 Å². The molecule has 0 saturated carbocycles. The predicted molar refractivity (Wildman–Crippen MR) is 131 cm³/mol. The maximum absolute atomic E-state index is 11.6. The van der Waals surface area contributed by atoms with Crippen molar-refractivity contribution in [1.29, 1.82) is 0 Å². The van der Waals surface area contributed by atoms with Crippen LogP contribution in [0.5, 0.6) is 0 Å². The number of benzene rings is 2. The molecule has 2 aromatic rings. The lowest BCUT2D eigenvalue weighted by Gasteiger charge is -2.43. The van der Waals surface area contributed by atoms with Crippen LogP contribution in [0.2, 0.25) is 0 Å². The van der Waals surface area contributed by atoms with Crippen LogP contribution in [0.4, 0.5) is 0 Å². The van der Waals surface area contributed by atoms with Crippen molar-refractivity contribution in [3.63, 3.8) is 0 Å². The van der Waals surface area contributed by atoms with Gasteiger partial charge in [-0.1, -0.05) is 36.4 Å². The maximum Gasteiger partial charge on any atom is 0.346 e. The third kappa shape index (κ3) is 7.06. The zero-order chi connectivity index (χ0) is 29.4. The minimum absolute atomic E-state index is 0.358. The Kier molecular flexibility index (Phi) is 11.2. The van der Waals surface area contributed by atoms with Gasteiger partial charge in [0.1, 0.15) is 49.3 Å². The van der Waals surface area contributed by atoms with Gasteiger partial charge in [-0.05, 0) is 24.3 Å². The average Bonchev–Trinajstić information content (AvgIpc) is 3.23. The summed E-state index contributed by atoms with van der Waals surface area (Å²) in [5, 5.41) is 76.7. The van der Waals surface area contributed by atoms with Crippen molar-refractivity contribution in [2.24, 2.45) is 0 Å². The summed E-state index contributed by atoms with van der Waals surface area (Å²) in [6, 6.07) is 16.8. The molecule has 220 valence electrons. The average molecular weight is 569 g/mol. The van der Waals surface area contributed by atoms with E-state index in [-0.39, 0.29) is 0 Å². The number of carbonyl (C=O) groups is 2. The summed E-state index contributed by atoms with van der Waals surface area (Å²) in [6.07, 6.45) is -12.7. The van der Waals surface area contributed by atoms with Crippen molar-refractivity contribution in [3.8, 4) is 0 Å². The van der Waals surface area contributed by atoms with Crippen LogP contribution in [-0.2, 0) is 18.9 Å². The zero-order valence-corrected chi connectivity index (χ0v) is 21.0. The number of hydrogen-bond acceptors (Lipinski definition) is 14. The normalized spacial score (nSPS) is 33.5. The van der Waals surface area contributed by atoms with E-state index >= 15 is 0 Å². The lowest BCUT2D eigenvalue weighted by molar-refractivity contribution is -0.383. The minimum Gasteiger partial charge on any atom is -0.394 e. The summed E-state index contributed by atoms with van der Waals surface area (Å²) >= 11 is 0. The van der Waals surface area contributed by atoms with E-state index in [0.717, 1.165) is 0 Å². The molecule has 0 aromatic heterocycles. The third-order valence-corrected chi connectivity index (χ3v) is 6.27. The second-order valence-corrected chi connectivity index (χ2v) is 8.97. The van der Waals surface area contributed by atoms with Crippen LogP contribution in [-0.4, -0.2) is 127 Å². The van der Waals surface area contributed by atoms with E-state index in [0.29, 0.717) is 11.1 Å². The molecular formula is C26H32O14. The highest BCUT2D eigenvalue weighted by Gasteiger charge is 2.58. The SMILES string of the molecule is O=C(OC(=O)c1ccccc1)c1ccccc1.OCC1O[C@H](O[C@]2(CO)O[C@H](CO)[C@H](O)C2O)C(O)[C@H](O)[C@@H]1O. The number of aliphatic hydroxyl groups excluding tert-OH is 8. The molecule has 2 aromatic carbocycles. The van der Waals surface area contributed by atoms with Gasteiger partial charge in [-0.15, -0.1) is 0 Å². The molecule has 2 aliphatic rings. The second-order valence-electron chi connectivity index (χ2n) is 8.97. The standard InChI is InChI=1S/C14H10O3.C12H22O11/c15-13(11-7-3-1-4-8-11)17-14(16)12-9-5-2-6-10-12;13-1-4-6(16)8(18)9(19)11(21-4)23-12(3-15)10(20)7(17)5(2-14)22-12/h1-10H;4-11,13-20H,1-3H2/t;4?,5-,6-,7+,8-,9?,10?,11-,12+/m.1/s1. The lowest BCUT2D eigenvalue weighted by Crippen LogP contribution is -2.62. The summed E-state index contributed by atoms with van der Waals surface area (Å²) < 4.78 is 20.2. The number of aliphatic hydroxyl groups is 8. The number of ether oxygens (including phenoxy) is 4. The number of rotatable bonds is 7. The molecule has 0 bridgehead atoms. The van der Waals surface area contributed by atoms with Crippen molar-refractivity contribution in [2.45, 2.75) is 54.8 Å². The monoisotopic (exact) mass is 568 g/mol. The molecule has 0 amide bonds. The predicted octanol–water partition coefficient (Wildman–Crippen LogP) is -2.71. The van der Waals surface area contributed by atoms with Crippen LogP contribution in [0.3, 0.4) is 0 Å². The molecule has 2 aliphatic heterocycles. The quantitative estimate of drug-likeness (QED) is 0.125. The van der Waals surface area contributed by atoms with Crippen LogP contribution >= 0.6 is 0 Å². The van der Waals surface area contributed by atoms with E-state index in [1.807, 2.05) is 0 Å². The first-order chi connectivity index (χ1) is 19.1. The fourth-order valence-corrected chi connectivity index (χ4v) is 3.98. The topological polar surface area (TPSA) is 233 Å². The van der Waals surface area contributed by atoms with Gasteiger partial charge in [-0.2, -0.15) is 0 Å². The first-order valence-corrected chi connectivity index (χ1v) is 12.2. The summed E-state index contributed by atoms with van der Waals surface area (Å²) in [5.41, 5.74) is 0.716. The molecule has 8 N–H and O–H groups in total. The molecule has 14 nitrogen and oxygen atoms in total. The molecule has 9 atom stereocenters. The fraction of sp³-hybridized carbons (Fsp3) is 0.462. The molecule has 2 fully saturated rings. The summed E-state index contributed by atoms with van der Waals surface area (Å²) in [5.74, 6) is -3.50. The Labute approximate surface area is 228 Å². The molecule has 0 radical (unpaired) electrons. The van der Waals surface area contributed by atoms with Gasteiger partial charge in [0.2, 0.25) is 5.79 Å². The Morgan fingerprint density at radius 3 is 1.62 bits per heavy atom. The van der Waals surface area contributed by atoms with Crippen molar-refractivity contribution in [2.75, 3.05) is 19.8 Å². The summed E-state index contributed by atoms with van der Waals surface area (Å²) in [6.45, 7) is -2.32. The highest BCUT2D eigenvalue weighted by Crippen LogP contribution is 2.35. The van der Waals surface area contributed by atoms with Crippen LogP contribution in [0.1, 0.15) is 20.7 Å². The van der Waals surface area contributed by atoms with Crippen LogP contribution < -0.4 is 0 Å². The van der Waals surface area contributed by atoms with E-state index in [4.69, 9.17) is 29.2 Å². The Bertz CT molecular complexity index is 1030. The van der Waals surface area contributed by atoms with Gasteiger partial charge in [-0.3, -0.25) is 0 Å². The second kappa shape index (κ2) is 14.2. The molecule has 40 heavy (non-hydrogen) atoms. The van der Waals surface area contributed by atoms with Crippen molar-refractivity contribution < 1.29 is 69.4 Å². The smallest absolute Gasteiger partial charge is 0.346 e. The number of carbonyl (C=O) groups excluding carboxylic acids is 2. The first kappa shape index (κ1) is 31.7. The largest absolute Gasteiger partial charge is 0.394 e. The fourth-order valence-electron chi connectivity index (χ4n) is 3.98. The molecule has 4 rings (SSSR count). The van der Waals surface area contributed by atoms with Crippen molar-refractivity contribution in [3.05, 3.63) is 71.8 Å². The van der Waals surface area contributed by atoms with Crippen molar-refractivity contribution >= 4 is 11.9 Å². The zero-order valence-electron chi connectivity index (χ0n) is 21.0. The van der Waals surface area contributed by atoms with Gasteiger partial charge < -0.3 is 59.8 Å². The molecule has 2 saturated heterocycles. The molecule has 0 aliphatic carbocycles. The third-order valence-electron chi connectivity index (χ3n) is 6.27. The highest BCUT2D eigenvalue weighted by molar-refractivity contribution is 6.02. The first-order valence-electron chi connectivity index (χ1n) is 12.2. The van der Waals surface area contributed by atoms with E-state index in [1.54, 1.807) is 60.7 Å². The van der Waals surface area contributed by atoms with E-state index in [1.165, 1.54) is 0 Å². The molecular weight excluding hydrogens is 536 g/mol. The van der Waals surface area contributed by atoms with Gasteiger partial charge in [0.15, 0.2) is 6.29 Å². The lowest BCUT2D eigenvalue weighted by atomic mass is 9.99. The highest BCUT2D eigenvalue weighted by atomic mass is 16.8. The van der Waals surface area contributed by atoms with Gasteiger partial charge >= 0.3 is 11.9 Å².